The molecule has 1 amide bonds. The third-order valence-corrected chi connectivity index (χ3v) is 4.77. The predicted octanol–water partition coefficient (Wildman–Crippen LogP) is 2.53. The molecule has 7 heteroatoms. The van der Waals surface area contributed by atoms with E-state index in [9.17, 15) is 9.18 Å². The summed E-state index contributed by atoms with van der Waals surface area (Å²) in [6.45, 7) is 3.33. The molecule has 0 radical (unpaired) electrons. The molecule has 0 bridgehead atoms. The standard InChI is InChI=1S/C20H24FN3O3/c1-12(17-9-15(26-2)5-7-18(17)21)24-20(25)13-4-6-16(19(8-13)27-3)14-10-22-23-11-14/h4-9,12,14,22-23H,10-11H2,1-3H3,(H,24,25). The maximum absolute atomic E-state index is 14.1. The van der Waals surface area contributed by atoms with Crippen molar-refractivity contribution in [2.24, 2.45) is 0 Å². The number of carbonyl (C=O) groups is 1. The maximum Gasteiger partial charge on any atom is 0.251 e. The summed E-state index contributed by atoms with van der Waals surface area (Å²) in [6.07, 6.45) is 0. The van der Waals surface area contributed by atoms with E-state index >= 15 is 0 Å². The smallest absolute Gasteiger partial charge is 0.251 e. The van der Waals surface area contributed by atoms with Crippen LogP contribution in [0.3, 0.4) is 0 Å². The average molecular weight is 373 g/mol. The number of benzene rings is 2. The van der Waals surface area contributed by atoms with Crippen LogP contribution in [0.15, 0.2) is 36.4 Å². The second kappa shape index (κ2) is 8.37. The van der Waals surface area contributed by atoms with Crippen molar-refractivity contribution in [1.29, 1.82) is 0 Å². The van der Waals surface area contributed by atoms with Gasteiger partial charge in [-0.05, 0) is 42.8 Å². The van der Waals surface area contributed by atoms with E-state index in [0.29, 0.717) is 22.6 Å². The highest BCUT2D eigenvalue weighted by Gasteiger charge is 2.22. The lowest BCUT2D eigenvalue weighted by atomic mass is 9.97. The Hall–Kier alpha value is -2.64. The zero-order valence-corrected chi connectivity index (χ0v) is 15.6. The molecule has 3 N–H and O–H groups in total. The largest absolute Gasteiger partial charge is 0.497 e. The van der Waals surface area contributed by atoms with Gasteiger partial charge in [0.2, 0.25) is 0 Å². The van der Waals surface area contributed by atoms with Crippen molar-refractivity contribution >= 4 is 5.91 Å². The van der Waals surface area contributed by atoms with E-state index in [2.05, 4.69) is 16.2 Å². The van der Waals surface area contributed by atoms with Gasteiger partial charge in [-0.15, -0.1) is 0 Å². The first-order chi connectivity index (χ1) is 13.0. The number of amides is 1. The van der Waals surface area contributed by atoms with Crippen LogP contribution in [0.25, 0.3) is 0 Å². The predicted molar refractivity (Wildman–Crippen MR) is 101 cm³/mol. The van der Waals surface area contributed by atoms with Crippen LogP contribution >= 0.6 is 0 Å². The molecule has 2 aromatic rings. The van der Waals surface area contributed by atoms with Gasteiger partial charge in [-0.3, -0.25) is 15.6 Å². The van der Waals surface area contributed by atoms with Crippen LogP contribution < -0.4 is 25.6 Å². The Bertz CT molecular complexity index is 822. The first-order valence-electron chi connectivity index (χ1n) is 8.81. The lowest BCUT2D eigenvalue weighted by molar-refractivity contribution is 0.0939. The molecule has 1 atom stereocenters. The van der Waals surface area contributed by atoms with E-state index < -0.39 is 11.9 Å². The number of carbonyl (C=O) groups excluding carboxylic acids is 1. The fourth-order valence-corrected chi connectivity index (χ4v) is 3.21. The molecule has 6 nitrogen and oxygen atoms in total. The average Bonchev–Trinajstić information content (AvgIpc) is 3.22. The highest BCUT2D eigenvalue weighted by molar-refractivity contribution is 5.95. The van der Waals surface area contributed by atoms with Gasteiger partial charge in [0.15, 0.2) is 0 Å². The minimum atomic E-state index is -0.512. The van der Waals surface area contributed by atoms with Crippen molar-refractivity contribution in [2.75, 3.05) is 27.3 Å². The zero-order chi connectivity index (χ0) is 19.4. The summed E-state index contributed by atoms with van der Waals surface area (Å²) in [7, 11) is 3.11. The Morgan fingerprint density at radius 2 is 1.89 bits per heavy atom. The highest BCUT2D eigenvalue weighted by Crippen LogP contribution is 2.29. The van der Waals surface area contributed by atoms with Gasteiger partial charge in [0.1, 0.15) is 17.3 Å². The van der Waals surface area contributed by atoms with Crippen LogP contribution in [-0.2, 0) is 0 Å². The molecule has 0 aromatic heterocycles. The molecule has 2 aromatic carbocycles. The number of halogens is 1. The SMILES string of the molecule is COc1ccc(F)c(C(C)NC(=O)c2ccc(C3CNNC3)c(OC)c2)c1. The van der Waals surface area contributed by atoms with Gasteiger partial charge in [-0.25, -0.2) is 4.39 Å². The zero-order valence-electron chi connectivity index (χ0n) is 15.6. The van der Waals surface area contributed by atoms with E-state index in [-0.39, 0.29) is 11.8 Å². The van der Waals surface area contributed by atoms with Gasteiger partial charge in [0.05, 0.1) is 20.3 Å². The third kappa shape index (κ3) is 4.20. The van der Waals surface area contributed by atoms with Gasteiger partial charge >= 0.3 is 0 Å². The molecular formula is C20H24FN3O3. The van der Waals surface area contributed by atoms with Gasteiger partial charge in [0.25, 0.3) is 5.91 Å². The summed E-state index contributed by atoms with van der Waals surface area (Å²) in [4.78, 5) is 12.6. The molecule has 1 saturated heterocycles. The summed E-state index contributed by atoms with van der Waals surface area (Å²) >= 11 is 0. The summed E-state index contributed by atoms with van der Waals surface area (Å²) in [5.74, 6) is 0.799. The van der Waals surface area contributed by atoms with Gasteiger partial charge in [-0.2, -0.15) is 0 Å². The number of hydrogen-bond donors (Lipinski definition) is 3. The minimum Gasteiger partial charge on any atom is -0.497 e. The van der Waals surface area contributed by atoms with Crippen molar-refractivity contribution in [3.05, 3.63) is 58.9 Å². The van der Waals surface area contributed by atoms with Gasteiger partial charge in [-0.1, -0.05) is 6.07 Å². The topological polar surface area (TPSA) is 71.6 Å². The minimum absolute atomic E-state index is 0.280. The highest BCUT2D eigenvalue weighted by atomic mass is 19.1. The summed E-state index contributed by atoms with van der Waals surface area (Å²) in [5.41, 5.74) is 8.05. The molecule has 0 aliphatic carbocycles. The van der Waals surface area contributed by atoms with Crippen LogP contribution in [0.1, 0.15) is 40.4 Å². The molecule has 0 spiro atoms. The molecule has 1 heterocycles. The fourth-order valence-electron chi connectivity index (χ4n) is 3.21. The Morgan fingerprint density at radius 3 is 2.56 bits per heavy atom. The summed E-state index contributed by atoms with van der Waals surface area (Å²) < 4.78 is 24.7. The Kier molecular flexibility index (Phi) is 5.93. The molecule has 144 valence electrons. The van der Waals surface area contributed by atoms with E-state index in [1.165, 1.54) is 13.2 Å². The molecule has 1 unspecified atom stereocenters. The van der Waals surface area contributed by atoms with Crippen LogP contribution in [0.2, 0.25) is 0 Å². The van der Waals surface area contributed by atoms with E-state index in [4.69, 9.17) is 9.47 Å². The van der Waals surface area contributed by atoms with Crippen LogP contribution in [0.5, 0.6) is 11.5 Å². The lowest BCUT2D eigenvalue weighted by Crippen LogP contribution is -2.27. The lowest BCUT2D eigenvalue weighted by Gasteiger charge is -2.18. The summed E-state index contributed by atoms with van der Waals surface area (Å²) in [5, 5.41) is 2.83. The van der Waals surface area contributed by atoms with E-state index in [0.717, 1.165) is 18.7 Å². The molecule has 0 saturated carbocycles. The molecule has 1 aliphatic heterocycles. The van der Waals surface area contributed by atoms with Crippen molar-refractivity contribution in [1.82, 2.24) is 16.2 Å². The fraction of sp³-hybridized carbons (Fsp3) is 0.350. The number of methoxy groups -OCH3 is 2. The number of ether oxygens (including phenoxy) is 2. The molecule has 3 rings (SSSR count). The monoisotopic (exact) mass is 373 g/mol. The normalized spacial score (nSPS) is 15.4. The Morgan fingerprint density at radius 1 is 1.15 bits per heavy atom. The molecule has 1 fully saturated rings. The first kappa shape index (κ1) is 19.1. The van der Waals surface area contributed by atoms with Gasteiger partial charge < -0.3 is 14.8 Å². The second-order valence-electron chi connectivity index (χ2n) is 6.50. The van der Waals surface area contributed by atoms with Crippen LogP contribution in [-0.4, -0.2) is 33.2 Å². The molecular weight excluding hydrogens is 349 g/mol. The second-order valence-corrected chi connectivity index (χ2v) is 6.50. The van der Waals surface area contributed by atoms with Crippen molar-refractivity contribution in [3.8, 4) is 11.5 Å². The van der Waals surface area contributed by atoms with Crippen molar-refractivity contribution < 1.29 is 18.7 Å². The number of rotatable bonds is 6. The van der Waals surface area contributed by atoms with E-state index in [1.54, 1.807) is 38.3 Å². The van der Waals surface area contributed by atoms with E-state index in [1.807, 2.05) is 6.07 Å². The van der Waals surface area contributed by atoms with Crippen LogP contribution in [0.4, 0.5) is 4.39 Å². The number of nitrogens with one attached hydrogen (secondary N) is 3. The maximum atomic E-state index is 14.1. The third-order valence-electron chi connectivity index (χ3n) is 4.77. The number of hydrogen-bond acceptors (Lipinski definition) is 5. The van der Waals surface area contributed by atoms with Crippen molar-refractivity contribution in [2.45, 2.75) is 18.9 Å². The summed E-state index contributed by atoms with van der Waals surface area (Å²) in [6, 6.07) is 9.34. The molecule has 27 heavy (non-hydrogen) atoms. The van der Waals surface area contributed by atoms with Gasteiger partial charge in [0, 0.05) is 30.1 Å². The number of hydrazine groups is 1. The molecule has 1 aliphatic rings. The quantitative estimate of drug-likeness (QED) is 0.726. The first-order valence-corrected chi connectivity index (χ1v) is 8.81. The Balaban J connectivity index is 1.77. The Labute approximate surface area is 158 Å². The van der Waals surface area contributed by atoms with Crippen LogP contribution in [0, 0.1) is 5.82 Å². The van der Waals surface area contributed by atoms with Crippen molar-refractivity contribution in [3.63, 3.8) is 0 Å².